The Hall–Kier alpha value is -1.09. The fourth-order valence-corrected chi connectivity index (χ4v) is 3.32. The SMILES string of the molecule is CC1=CCC2(C)C(O)CCC(C(=O)O)C2C=C1C. The summed E-state index contributed by atoms with van der Waals surface area (Å²) < 4.78 is 0. The zero-order valence-corrected chi connectivity index (χ0v) is 11.3. The van der Waals surface area contributed by atoms with Gasteiger partial charge < -0.3 is 10.2 Å². The lowest BCUT2D eigenvalue weighted by atomic mass is 9.59. The number of carboxylic acid groups (broad SMARTS) is 1. The van der Waals surface area contributed by atoms with E-state index in [0.29, 0.717) is 12.8 Å². The molecule has 0 aromatic rings. The molecule has 100 valence electrons. The summed E-state index contributed by atoms with van der Waals surface area (Å²) in [5.74, 6) is -1.18. The predicted octanol–water partition coefficient (Wildman–Crippen LogP) is 2.76. The second kappa shape index (κ2) is 4.54. The van der Waals surface area contributed by atoms with Gasteiger partial charge in [-0.2, -0.15) is 0 Å². The Bertz CT molecular complexity index is 421. The van der Waals surface area contributed by atoms with Crippen LogP contribution < -0.4 is 0 Å². The van der Waals surface area contributed by atoms with Crippen LogP contribution in [0.25, 0.3) is 0 Å². The van der Waals surface area contributed by atoms with Crippen molar-refractivity contribution in [2.24, 2.45) is 17.3 Å². The van der Waals surface area contributed by atoms with Crippen molar-refractivity contribution in [1.82, 2.24) is 0 Å². The lowest BCUT2D eigenvalue weighted by Crippen LogP contribution is -2.47. The molecule has 3 heteroatoms. The third kappa shape index (κ3) is 2.01. The van der Waals surface area contributed by atoms with Gasteiger partial charge in [-0.25, -0.2) is 0 Å². The van der Waals surface area contributed by atoms with Crippen LogP contribution in [0.3, 0.4) is 0 Å². The van der Waals surface area contributed by atoms with Crippen LogP contribution in [0.2, 0.25) is 0 Å². The minimum atomic E-state index is -0.735. The van der Waals surface area contributed by atoms with Crippen LogP contribution >= 0.6 is 0 Å². The van der Waals surface area contributed by atoms with E-state index in [-0.39, 0.29) is 17.3 Å². The first-order chi connectivity index (χ1) is 8.36. The zero-order valence-electron chi connectivity index (χ0n) is 11.3. The molecule has 2 N–H and O–H groups in total. The van der Waals surface area contributed by atoms with Gasteiger partial charge in [-0.1, -0.05) is 30.2 Å². The number of hydrogen-bond acceptors (Lipinski definition) is 2. The third-order valence-electron chi connectivity index (χ3n) is 4.92. The first kappa shape index (κ1) is 13.3. The van der Waals surface area contributed by atoms with Crippen molar-refractivity contribution in [1.29, 1.82) is 0 Å². The topological polar surface area (TPSA) is 57.5 Å². The number of allylic oxidation sites excluding steroid dienone is 4. The average molecular weight is 250 g/mol. The maximum atomic E-state index is 11.4. The van der Waals surface area contributed by atoms with Crippen LogP contribution in [-0.4, -0.2) is 22.3 Å². The first-order valence-electron chi connectivity index (χ1n) is 6.62. The van der Waals surface area contributed by atoms with E-state index in [9.17, 15) is 15.0 Å². The molecule has 0 aromatic heterocycles. The Kier molecular flexibility index (Phi) is 3.37. The second-order valence-corrected chi connectivity index (χ2v) is 6.01. The molecule has 0 bridgehead atoms. The highest BCUT2D eigenvalue weighted by Gasteiger charge is 2.49. The van der Waals surface area contributed by atoms with Crippen molar-refractivity contribution in [2.75, 3.05) is 0 Å². The Morgan fingerprint density at radius 1 is 1.33 bits per heavy atom. The van der Waals surface area contributed by atoms with Crippen molar-refractivity contribution in [3.05, 3.63) is 23.3 Å². The molecule has 4 unspecified atom stereocenters. The van der Waals surface area contributed by atoms with Crippen molar-refractivity contribution in [3.8, 4) is 0 Å². The summed E-state index contributed by atoms with van der Waals surface area (Å²) in [6, 6.07) is 0. The van der Waals surface area contributed by atoms with E-state index in [1.165, 1.54) is 5.57 Å². The summed E-state index contributed by atoms with van der Waals surface area (Å²) >= 11 is 0. The molecule has 4 atom stereocenters. The molecule has 1 saturated carbocycles. The summed E-state index contributed by atoms with van der Waals surface area (Å²) in [6.07, 6.45) is 5.70. The summed E-state index contributed by atoms with van der Waals surface area (Å²) in [5.41, 5.74) is 1.99. The molecule has 0 amide bonds. The van der Waals surface area contributed by atoms with Crippen molar-refractivity contribution < 1.29 is 15.0 Å². The molecule has 2 rings (SSSR count). The lowest BCUT2D eigenvalue weighted by Gasteiger charge is -2.46. The molecule has 0 aliphatic heterocycles. The number of aliphatic hydroxyl groups is 1. The minimum Gasteiger partial charge on any atom is -0.481 e. The molecule has 18 heavy (non-hydrogen) atoms. The maximum absolute atomic E-state index is 11.4. The normalized spacial score (nSPS) is 40.3. The van der Waals surface area contributed by atoms with Crippen molar-refractivity contribution in [2.45, 2.75) is 46.1 Å². The van der Waals surface area contributed by atoms with E-state index < -0.39 is 12.1 Å². The Labute approximate surface area is 108 Å². The van der Waals surface area contributed by atoms with Crippen molar-refractivity contribution in [3.63, 3.8) is 0 Å². The highest BCUT2D eigenvalue weighted by molar-refractivity contribution is 5.71. The van der Waals surface area contributed by atoms with Gasteiger partial charge in [0.25, 0.3) is 0 Å². The van der Waals surface area contributed by atoms with E-state index in [1.54, 1.807) is 0 Å². The molecule has 0 aromatic carbocycles. The van der Waals surface area contributed by atoms with Crippen LogP contribution in [0.4, 0.5) is 0 Å². The Balaban J connectivity index is 2.46. The summed E-state index contributed by atoms with van der Waals surface area (Å²) in [6.45, 7) is 6.10. The fourth-order valence-electron chi connectivity index (χ4n) is 3.32. The molecule has 0 spiro atoms. The molecule has 1 fully saturated rings. The van der Waals surface area contributed by atoms with Gasteiger partial charge in [-0.05, 0) is 39.0 Å². The second-order valence-electron chi connectivity index (χ2n) is 6.01. The monoisotopic (exact) mass is 250 g/mol. The molecule has 0 saturated heterocycles. The lowest BCUT2D eigenvalue weighted by molar-refractivity contribution is -0.150. The van der Waals surface area contributed by atoms with Crippen LogP contribution in [-0.2, 0) is 4.79 Å². The molecule has 2 aliphatic rings. The van der Waals surface area contributed by atoms with E-state index >= 15 is 0 Å². The zero-order chi connectivity index (χ0) is 13.5. The van der Waals surface area contributed by atoms with Gasteiger partial charge in [-0.15, -0.1) is 0 Å². The highest BCUT2D eigenvalue weighted by atomic mass is 16.4. The largest absolute Gasteiger partial charge is 0.481 e. The smallest absolute Gasteiger partial charge is 0.307 e. The summed E-state index contributed by atoms with van der Waals surface area (Å²) in [5, 5.41) is 19.7. The fraction of sp³-hybridized carbons (Fsp3) is 0.667. The van der Waals surface area contributed by atoms with Gasteiger partial charge in [0.05, 0.1) is 12.0 Å². The Morgan fingerprint density at radius 2 is 2.00 bits per heavy atom. The van der Waals surface area contributed by atoms with E-state index in [0.717, 1.165) is 12.0 Å². The van der Waals surface area contributed by atoms with Gasteiger partial charge in [0.15, 0.2) is 0 Å². The third-order valence-corrected chi connectivity index (χ3v) is 4.92. The first-order valence-corrected chi connectivity index (χ1v) is 6.62. The van der Waals surface area contributed by atoms with Crippen LogP contribution in [0, 0.1) is 17.3 Å². The number of fused-ring (bicyclic) bond motifs is 1. The molecule has 0 heterocycles. The number of rotatable bonds is 1. The molecule has 2 aliphatic carbocycles. The number of aliphatic carboxylic acids is 1. The standard InChI is InChI=1S/C15H22O3/c1-9-6-7-15(3)12(8-10(9)2)11(14(17)18)4-5-13(15)16/h6,8,11-13,16H,4-5,7H2,1-3H3,(H,17,18). The van der Waals surface area contributed by atoms with Crippen LogP contribution in [0.5, 0.6) is 0 Å². The quantitative estimate of drug-likeness (QED) is 0.752. The van der Waals surface area contributed by atoms with Gasteiger partial charge in [0, 0.05) is 5.41 Å². The predicted molar refractivity (Wildman–Crippen MR) is 70.1 cm³/mol. The van der Waals surface area contributed by atoms with Crippen LogP contribution in [0.1, 0.15) is 40.0 Å². The highest BCUT2D eigenvalue weighted by Crippen LogP contribution is 2.50. The minimum absolute atomic E-state index is 0.0764. The maximum Gasteiger partial charge on any atom is 0.307 e. The summed E-state index contributed by atoms with van der Waals surface area (Å²) in [4.78, 5) is 11.4. The van der Waals surface area contributed by atoms with Gasteiger partial charge in [0.1, 0.15) is 0 Å². The Morgan fingerprint density at radius 3 is 2.61 bits per heavy atom. The number of carbonyl (C=O) groups is 1. The van der Waals surface area contributed by atoms with E-state index in [1.807, 2.05) is 13.8 Å². The van der Waals surface area contributed by atoms with Gasteiger partial charge in [-0.3, -0.25) is 4.79 Å². The number of hydrogen-bond donors (Lipinski definition) is 2. The molecule has 0 radical (unpaired) electrons. The summed E-state index contributed by atoms with van der Waals surface area (Å²) in [7, 11) is 0. The van der Waals surface area contributed by atoms with Gasteiger partial charge >= 0.3 is 5.97 Å². The van der Waals surface area contributed by atoms with E-state index in [4.69, 9.17) is 0 Å². The van der Waals surface area contributed by atoms with Crippen molar-refractivity contribution >= 4 is 5.97 Å². The number of carboxylic acids is 1. The average Bonchev–Trinajstić information content (AvgIpc) is 2.42. The van der Waals surface area contributed by atoms with Gasteiger partial charge in [0.2, 0.25) is 0 Å². The van der Waals surface area contributed by atoms with E-state index in [2.05, 4.69) is 19.1 Å². The molecular weight excluding hydrogens is 228 g/mol. The molecular formula is C15H22O3. The van der Waals surface area contributed by atoms with Crippen LogP contribution in [0.15, 0.2) is 23.3 Å². The molecule has 3 nitrogen and oxygen atoms in total. The number of aliphatic hydroxyl groups excluding tert-OH is 1.